The van der Waals surface area contributed by atoms with Gasteiger partial charge in [-0.1, -0.05) is 6.07 Å². The molecule has 2 aromatic rings. The molecular formula is C12H12FNO3S2. The largest absolute Gasteiger partial charge is 0.391 e. The molecule has 1 aromatic heterocycles. The number of aliphatic hydroxyl groups is 1. The minimum Gasteiger partial charge on any atom is -0.391 e. The minimum absolute atomic E-state index is 0.0595. The van der Waals surface area contributed by atoms with Crippen molar-refractivity contribution in [3.8, 4) is 0 Å². The standard InChI is InChI=1S/C12H12FNO3S2/c1-8-7-18-11(6-15)12(8)19(16,17)14-10-4-2-3-9(13)5-10/h2-5,7,14-15H,6H2,1H3. The van der Waals surface area contributed by atoms with E-state index in [4.69, 9.17) is 5.11 Å². The number of thiophene rings is 1. The maximum Gasteiger partial charge on any atom is 0.263 e. The highest BCUT2D eigenvalue weighted by atomic mass is 32.2. The van der Waals surface area contributed by atoms with E-state index in [1.807, 2.05) is 0 Å². The molecule has 2 N–H and O–H groups in total. The second kappa shape index (κ2) is 5.28. The molecule has 7 heteroatoms. The molecule has 2 rings (SSSR count). The Morgan fingerprint density at radius 1 is 1.42 bits per heavy atom. The lowest BCUT2D eigenvalue weighted by Crippen LogP contribution is -2.15. The van der Waals surface area contributed by atoms with Crippen LogP contribution in [0.2, 0.25) is 0 Å². The van der Waals surface area contributed by atoms with Crippen molar-refractivity contribution in [2.24, 2.45) is 0 Å². The van der Waals surface area contributed by atoms with Crippen molar-refractivity contribution in [3.63, 3.8) is 0 Å². The van der Waals surface area contributed by atoms with Gasteiger partial charge in [-0.3, -0.25) is 4.72 Å². The molecule has 1 aromatic carbocycles. The molecule has 1 heterocycles. The van der Waals surface area contributed by atoms with Crippen molar-refractivity contribution in [2.75, 3.05) is 4.72 Å². The topological polar surface area (TPSA) is 66.4 Å². The molecule has 4 nitrogen and oxygen atoms in total. The Morgan fingerprint density at radius 2 is 2.16 bits per heavy atom. The maximum absolute atomic E-state index is 13.0. The molecule has 0 radical (unpaired) electrons. The third-order valence-corrected chi connectivity index (χ3v) is 5.31. The minimum atomic E-state index is -3.83. The van der Waals surface area contributed by atoms with Crippen LogP contribution in [0.3, 0.4) is 0 Å². The monoisotopic (exact) mass is 301 g/mol. The Balaban J connectivity index is 2.40. The van der Waals surface area contributed by atoms with E-state index in [9.17, 15) is 12.8 Å². The summed E-state index contributed by atoms with van der Waals surface area (Å²) < 4.78 is 39.8. The zero-order valence-corrected chi connectivity index (χ0v) is 11.7. The van der Waals surface area contributed by atoms with E-state index >= 15 is 0 Å². The van der Waals surface area contributed by atoms with Gasteiger partial charge in [-0.25, -0.2) is 12.8 Å². The van der Waals surface area contributed by atoms with E-state index in [1.54, 1.807) is 12.3 Å². The first-order chi connectivity index (χ1) is 8.94. The number of rotatable bonds is 4. The van der Waals surface area contributed by atoms with Crippen molar-refractivity contribution < 1.29 is 17.9 Å². The summed E-state index contributed by atoms with van der Waals surface area (Å²) in [5.41, 5.74) is 0.701. The first kappa shape index (κ1) is 14.0. The van der Waals surface area contributed by atoms with Gasteiger partial charge in [0.05, 0.1) is 17.2 Å². The molecule has 0 atom stereocenters. The zero-order valence-electron chi connectivity index (χ0n) is 10.1. The van der Waals surface area contributed by atoms with Gasteiger partial charge in [0.2, 0.25) is 0 Å². The smallest absolute Gasteiger partial charge is 0.263 e. The van der Waals surface area contributed by atoms with Crippen LogP contribution < -0.4 is 4.72 Å². The van der Waals surface area contributed by atoms with Gasteiger partial charge in [0.25, 0.3) is 10.0 Å². The Labute approximate surface area is 114 Å². The van der Waals surface area contributed by atoms with E-state index < -0.39 is 15.8 Å². The van der Waals surface area contributed by atoms with Crippen LogP contribution in [0.5, 0.6) is 0 Å². The first-order valence-electron chi connectivity index (χ1n) is 5.40. The van der Waals surface area contributed by atoms with Gasteiger partial charge >= 0.3 is 0 Å². The number of halogens is 1. The number of benzene rings is 1. The van der Waals surface area contributed by atoms with Crippen molar-refractivity contribution in [1.29, 1.82) is 0 Å². The fourth-order valence-electron chi connectivity index (χ4n) is 1.72. The molecule has 0 bridgehead atoms. The van der Waals surface area contributed by atoms with Crippen LogP contribution in [0.25, 0.3) is 0 Å². The molecule has 0 fully saturated rings. The normalized spacial score (nSPS) is 11.5. The van der Waals surface area contributed by atoms with Crippen molar-refractivity contribution in [2.45, 2.75) is 18.4 Å². The summed E-state index contributed by atoms with van der Waals surface area (Å²) in [5.74, 6) is -0.523. The highest BCUT2D eigenvalue weighted by Gasteiger charge is 2.22. The lowest BCUT2D eigenvalue weighted by Gasteiger charge is -2.09. The van der Waals surface area contributed by atoms with Crippen LogP contribution in [0.1, 0.15) is 10.4 Å². The number of aliphatic hydroxyl groups excluding tert-OH is 1. The number of sulfonamides is 1. The Hall–Kier alpha value is -1.44. The summed E-state index contributed by atoms with van der Waals surface area (Å²) in [6, 6.07) is 5.20. The molecule has 102 valence electrons. The summed E-state index contributed by atoms with van der Waals surface area (Å²) in [5, 5.41) is 10.8. The highest BCUT2D eigenvalue weighted by molar-refractivity contribution is 7.93. The van der Waals surface area contributed by atoms with Gasteiger partial charge in [-0.15, -0.1) is 11.3 Å². The van der Waals surface area contributed by atoms with E-state index in [2.05, 4.69) is 4.72 Å². The molecule has 0 saturated carbocycles. The molecule has 0 amide bonds. The van der Waals surface area contributed by atoms with Gasteiger partial charge in [0.1, 0.15) is 10.7 Å². The number of hydrogen-bond donors (Lipinski definition) is 2. The second-order valence-electron chi connectivity index (χ2n) is 3.94. The van der Waals surface area contributed by atoms with Crippen LogP contribution in [0.15, 0.2) is 34.5 Å². The Morgan fingerprint density at radius 3 is 2.79 bits per heavy atom. The average Bonchev–Trinajstić information content (AvgIpc) is 2.70. The van der Waals surface area contributed by atoms with Crippen LogP contribution in [0.4, 0.5) is 10.1 Å². The fourth-order valence-corrected chi connectivity index (χ4v) is 4.43. The number of nitrogens with one attached hydrogen (secondary N) is 1. The van der Waals surface area contributed by atoms with E-state index in [0.717, 1.165) is 6.07 Å². The summed E-state index contributed by atoms with van der Waals surface area (Å²) in [7, 11) is -3.83. The molecular weight excluding hydrogens is 289 g/mol. The van der Waals surface area contributed by atoms with Crippen LogP contribution in [0, 0.1) is 12.7 Å². The number of aryl methyl sites for hydroxylation is 1. The second-order valence-corrected chi connectivity index (χ2v) is 6.53. The van der Waals surface area contributed by atoms with Crippen LogP contribution in [-0.4, -0.2) is 13.5 Å². The predicted molar refractivity (Wildman–Crippen MR) is 72.2 cm³/mol. The van der Waals surface area contributed by atoms with Crippen molar-refractivity contribution in [3.05, 3.63) is 45.9 Å². The molecule has 0 spiro atoms. The molecule has 0 aliphatic rings. The van der Waals surface area contributed by atoms with Crippen molar-refractivity contribution in [1.82, 2.24) is 0 Å². The average molecular weight is 301 g/mol. The van der Waals surface area contributed by atoms with E-state index in [0.29, 0.717) is 10.4 Å². The van der Waals surface area contributed by atoms with Gasteiger partial charge in [-0.2, -0.15) is 0 Å². The predicted octanol–water partition coefficient (Wildman–Crippen LogP) is 2.49. The number of anilines is 1. The highest BCUT2D eigenvalue weighted by Crippen LogP contribution is 2.28. The summed E-state index contributed by atoms with van der Waals surface area (Å²) in [6.45, 7) is 1.30. The summed E-state index contributed by atoms with van der Waals surface area (Å²) >= 11 is 1.17. The van der Waals surface area contributed by atoms with Crippen LogP contribution in [-0.2, 0) is 16.6 Å². The van der Waals surface area contributed by atoms with Gasteiger partial charge in [0, 0.05) is 0 Å². The molecule has 0 unspecified atom stereocenters. The SMILES string of the molecule is Cc1csc(CO)c1S(=O)(=O)Nc1cccc(F)c1. The Bertz CT molecular complexity index is 695. The lowest BCUT2D eigenvalue weighted by atomic mass is 10.3. The van der Waals surface area contributed by atoms with E-state index in [-0.39, 0.29) is 17.2 Å². The van der Waals surface area contributed by atoms with Gasteiger partial charge < -0.3 is 5.11 Å². The molecule has 0 aliphatic carbocycles. The summed E-state index contributed by atoms with van der Waals surface area (Å²) in [4.78, 5) is 0.422. The van der Waals surface area contributed by atoms with Gasteiger partial charge in [-0.05, 0) is 36.1 Å². The van der Waals surface area contributed by atoms with Crippen molar-refractivity contribution >= 4 is 27.0 Å². The molecule has 0 saturated heterocycles. The van der Waals surface area contributed by atoms with E-state index in [1.165, 1.54) is 29.5 Å². The van der Waals surface area contributed by atoms with Gasteiger partial charge in [0.15, 0.2) is 0 Å². The lowest BCUT2D eigenvalue weighted by molar-refractivity contribution is 0.282. The third kappa shape index (κ3) is 2.94. The summed E-state index contributed by atoms with van der Waals surface area (Å²) in [6.07, 6.45) is 0. The van der Waals surface area contributed by atoms with Crippen LogP contribution >= 0.6 is 11.3 Å². The number of hydrogen-bond acceptors (Lipinski definition) is 4. The maximum atomic E-state index is 13.0. The first-order valence-corrected chi connectivity index (χ1v) is 7.76. The quantitative estimate of drug-likeness (QED) is 0.912. The molecule has 0 aliphatic heterocycles. The molecule has 19 heavy (non-hydrogen) atoms. The Kier molecular flexibility index (Phi) is 3.88. The zero-order chi connectivity index (χ0) is 14.0. The fraction of sp³-hybridized carbons (Fsp3) is 0.167. The third-order valence-electron chi connectivity index (χ3n) is 2.48.